The highest BCUT2D eigenvalue weighted by Crippen LogP contribution is 2.40. The van der Waals surface area contributed by atoms with Gasteiger partial charge in [0.05, 0.1) is 11.1 Å². The van der Waals surface area contributed by atoms with Crippen LogP contribution in [0.5, 0.6) is 0 Å². The molecule has 4 rings (SSSR count). The Labute approximate surface area is 212 Å². The van der Waals surface area contributed by atoms with Crippen LogP contribution in [-0.2, 0) is 23.5 Å². The van der Waals surface area contributed by atoms with Crippen LogP contribution in [0, 0.1) is 0 Å². The Hall–Kier alpha value is -3.86. The van der Waals surface area contributed by atoms with Gasteiger partial charge in [0.25, 0.3) is 5.91 Å². The van der Waals surface area contributed by atoms with Gasteiger partial charge in [-0.1, -0.05) is 36.4 Å². The lowest BCUT2D eigenvalue weighted by Crippen LogP contribution is -2.40. The van der Waals surface area contributed by atoms with Gasteiger partial charge in [-0.25, -0.2) is 19.3 Å². The SMILES string of the molecule is CP(C)(=O)CO[C@H]1O[C@@H](n2cnc(C(N)=O)n2)[C@H](OC(=O)c2ccccc2)[C@@H]1OC(=O)c1ccccc1. The lowest BCUT2D eigenvalue weighted by atomic mass is 10.1. The molecule has 1 fully saturated rings. The molecule has 0 unspecified atom stereocenters. The fraction of sp³-hybridized carbons (Fsp3) is 0.292. The van der Waals surface area contributed by atoms with Gasteiger partial charge in [-0.15, -0.1) is 5.10 Å². The summed E-state index contributed by atoms with van der Waals surface area (Å²) in [6.07, 6.45) is -4.14. The molecule has 0 aliphatic carbocycles. The third-order valence-corrected chi connectivity index (χ3v) is 5.96. The highest BCUT2D eigenvalue weighted by Gasteiger charge is 2.52. The van der Waals surface area contributed by atoms with Gasteiger partial charge >= 0.3 is 11.9 Å². The molecular formula is C24H25N4O8P. The van der Waals surface area contributed by atoms with Crippen molar-refractivity contribution in [3.05, 3.63) is 83.9 Å². The summed E-state index contributed by atoms with van der Waals surface area (Å²) in [6, 6.07) is 16.3. The number of carbonyl (C=O) groups is 3. The van der Waals surface area contributed by atoms with Crippen molar-refractivity contribution in [2.45, 2.75) is 24.7 Å². The molecule has 13 heteroatoms. The predicted octanol–water partition coefficient (Wildman–Crippen LogP) is 2.28. The molecule has 37 heavy (non-hydrogen) atoms. The Balaban J connectivity index is 1.70. The van der Waals surface area contributed by atoms with Crippen molar-refractivity contribution in [3.63, 3.8) is 0 Å². The third-order valence-electron chi connectivity index (χ3n) is 5.19. The Morgan fingerprint density at radius 1 is 0.946 bits per heavy atom. The van der Waals surface area contributed by atoms with Gasteiger partial charge in [-0.3, -0.25) is 4.79 Å². The second kappa shape index (κ2) is 11.0. The number of nitrogens with zero attached hydrogens (tertiary/aromatic N) is 3. The van der Waals surface area contributed by atoms with Crippen molar-refractivity contribution >= 4 is 25.0 Å². The molecule has 1 aromatic heterocycles. The van der Waals surface area contributed by atoms with Gasteiger partial charge in [0.1, 0.15) is 19.8 Å². The van der Waals surface area contributed by atoms with Gasteiger partial charge in [0.15, 0.2) is 18.4 Å². The van der Waals surface area contributed by atoms with E-state index in [1.54, 1.807) is 60.7 Å². The van der Waals surface area contributed by atoms with Gasteiger partial charge in [0, 0.05) is 0 Å². The van der Waals surface area contributed by atoms with E-state index in [0.717, 1.165) is 11.0 Å². The van der Waals surface area contributed by atoms with E-state index in [4.69, 9.17) is 24.7 Å². The first-order valence-electron chi connectivity index (χ1n) is 11.2. The monoisotopic (exact) mass is 528 g/mol. The highest BCUT2D eigenvalue weighted by molar-refractivity contribution is 7.62. The second-order valence-electron chi connectivity index (χ2n) is 8.65. The summed E-state index contributed by atoms with van der Waals surface area (Å²) in [4.78, 5) is 41.3. The molecular weight excluding hydrogens is 503 g/mol. The summed E-state index contributed by atoms with van der Waals surface area (Å²) in [5.41, 5.74) is 5.75. The van der Waals surface area contributed by atoms with Gasteiger partial charge in [-0.05, 0) is 37.6 Å². The molecule has 1 saturated heterocycles. The molecule has 0 saturated carbocycles. The summed E-state index contributed by atoms with van der Waals surface area (Å²) in [5, 5.41) is 4.00. The van der Waals surface area contributed by atoms with Crippen LogP contribution in [0.3, 0.4) is 0 Å². The van der Waals surface area contributed by atoms with E-state index in [1.807, 2.05) is 0 Å². The number of hydrogen-bond donors (Lipinski definition) is 1. The molecule has 2 heterocycles. The Morgan fingerprint density at radius 2 is 1.49 bits per heavy atom. The lowest BCUT2D eigenvalue weighted by Gasteiger charge is -2.24. The summed E-state index contributed by atoms with van der Waals surface area (Å²) < 4.78 is 36.6. The normalized spacial score (nSPS) is 21.4. The first kappa shape index (κ1) is 26.2. The maximum absolute atomic E-state index is 13.0. The van der Waals surface area contributed by atoms with Crippen LogP contribution in [0.15, 0.2) is 67.0 Å². The van der Waals surface area contributed by atoms with Gasteiger partial charge in [0.2, 0.25) is 12.1 Å². The third kappa shape index (κ3) is 6.48. The average Bonchev–Trinajstić information content (AvgIpc) is 3.49. The van der Waals surface area contributed by atoms with Crippen LogP contribution in [0.25, 0.3) is 0 Å². The molecule has 1 aliphatic rings. The average molecular weight is 528 g/mol. The quantitative estimate of drug-likeness (QED) is 0.322. The molecule has 1 aliphatic heterocycles. The minimum atomic E-state index is -2.68. The molecule has 194 valence electrons. The van der Waals surface area contributed by atoms with E-state index in [2.05, 4.69) is 10.1 Å². The van der Waals surface area contributed by atoms with Gasteiger partial charge in [-0.2, -0.15) is 0 Å². The zero-order chi connectivity index (χ0) is 26.6. The number of amides is 1. The molecule has 0 radical (unpaired) electrons. The van der Waals surface area contributed by atoms with Crippen molar-refractivity contribution in [2.24, 2.45) is 5.73 Å². The number of carbonyl (C=O) groups excluding carboxylic acids is 3. The van der Waals surface area contributed by atoms with Crippen LogP contribution in [-0.4, -0.2) is 70.8 Å². The molecule has 4 atom stereocenters. The van der Waals surface area contributed by atoms with Crippen molar-refractivity contribution < 1.29 is 37.9 Å². The van der Waals surface area contributed by atoms with Crippen LogP contribution >= 0.6 is 7.14 Å². The van der Waals surface area contributed by atoms with Gasteiger partial charge < -0.3 is 29.2 Å². The van der Waals surface area contributed by atoms with E-state index in [-0.39, 0.29) is 23.3 Å². The summed E-state index contributed by atoms with van der Waals surface area (Å²) >= 11 is 0. The van der Waals surface area contributed by atoms with Crippen molar-refractivity contribution in [1.82, 2.24) is 14.8 Å². The number of aromatic nitrogens is 3. The van der Waals surface area contributed by atoms with Crippen molar-refractivity contribution in [1.29, 1.82) is 0 Å². The number of hydrogen-bond acceptors (Lipinski definition) is 10. The first-order chi connectivity index (χ1) is 17.6. The number of esters is 2. The van der Waals surface area contributed by atoms with Crippen LogP contribution < -0.4 is 5.73 Å². The maximum Gasteiger partial charge on any atom is 0.338 e. The predicted molar refractivity (Wildman–Crippen MR) is 129 cm³/mol. The second-order valence-corrected chi connectivity index (χ2v) is 12.1. The lowest BCUT2D eigenvalue weighted by molar-refractivity contribution is -0.169. The Morgan fingerprint density at radius 3 is 1.97 bits per heavy atom. The Kier molecular flexibility index (Phi) is 7.82. The Bertz CT molecular complexity index is 1310. The smallest absolute Gasteiger partial charge is 0.338 e. The van der Waals surface area contributed by atoms with Crippen molar-refractivity contribution in [2.75, 3.05) is 19.7 Å². The van der Waals surface area contributed by atoms with Crippen LogP contribution in [0.1, 0.15) is 37.6 Å². The van der Waals surface area contributed by atoms with E-state index in [9.17, 15) is 18.9 Å². The zero-order valence-electron chi connectivity index (χ0n) is 20.0. The molecule has 0 spiro atoms. The summed E-state index contributed by atoms with van der Waals surface area (Å²) in [7, 11) is -2.68. The van der Waals surface area contributed by atoms with Crippen LogP contribution in [0.4, 0.5) is 0 Å². The minimum Gasteiger partial charge on any atom is -0.450 e. The zero-order valence-corrected chi connectivity index (χ0v) is 20.9. The molecule has 1 amide bonds. The van der Waals surface area contributed by atoms with Crippen LogP contribution in [0.2, 0.25) is 0 Å². The largest absolute Gasteiger partial charge is 0.450 e. The van der Waals surface area contributed by atoms with Crippen molar-refractivity contribution in [3.8, 4) is 0 Å². The topological polar surface area (TPSA) is 162 Å². The molecule has 2 aromatic carbocycles. The number of ether oxygens (including phenoxy) is 4. The van der Waals surface area contributed by atoms with E-state index < -0.39 is 49.7 Å². The molecule has 2 N–H and O–H groups in total. The van der Waals surface area contributed by atoms with E-state index in [1.165, 1.54) is 13.3 Å². The number of rotatable bonds is 9. The number of nitrogens with two attached hydrogens (primary N) is 1. The van der Waals surface area contributed by atoms with E-state index >= 15 is 0 Å². The molecule has 0 bridgehead atoms. The molecule has 3 aromatic rings. The minimum absolute atomic E-state index is 0.201. The number of primary amides is 1. The van der Waals surface area contributed by atoms with E-state index in [0.29, 0.717) is 0 Å². The summed E-state index contributed by atoms with van der Waals surface area (Å²) in [5.74, 6) is -2.64. The maximum atomic E-state index is 13.0. The summed E-state index contributed by atoms with van der Waals surface area (Å²) in [6.45, 7) is 3.04. The molecule has 12 nitrogen and oxygen atoms in total. The standard InChI is InChI=1S/C24H25N4O8P/c1-37(2,32)14-33-24-18(35-23(31)16-11-7-4-8-12-16)17(34-22(30)15-9-5-3-6-10-15)21(36-24)28-13-26-20(27-28)19(25)29/h3-13,17-18,21,24H,14H2,1-2H3,(H2,25,29)/t17-,18+,21-,24+/m1/s1. The fourth-order valence-corrected chi connectivity index (χ4v) is 4.01. The first-order valence-corrected chi connectivity index (χ1v) is 13.9. The highest BCUT2D eigenvalue weighted by atomic mass is 31.2. The fourth-order valence-electron chi connectivity index (χ4n) is 3.50. The number of benzene rings is 2.